The molecule has 0 aliphatic carbocycles. The third-order valence-corrected chi connectivity index (χ3v) is 3.94. The van der Waals surface area contributed by atoms with Gasteiger partial charge in [-0.05, 0) is 18.6 Å². The van der Waals surface area contributed by atoms with Gasteiger partial charge in [0, 0.05) is 18.1 Å². The highest BCUT2D eigenvalue weighted by Crippen LogP contribution is 2.20. The van der Waals surface area contributed by atoms with Crippen molar-refractivity contribution >= 4 is 23.0 Å². The molecule has 1 N–H and O–H groups in total. The van der Waals surface area contributed by atoms with Gasteiger partial charge < -0.3 is 9.67 Å². The Balaban J connectivity index is 2.44. The van der Waals surface area contributed by atoms with Crippen LogP contribution >= 0.6 is 11.3 Å². The predicted octanol–water partition coefficient (Wildman–Crippen LogP) is 2.90. The minimum Gasteiger partial charge on any atom is -0.481 e. The first kappa shape index (κ1) is 13.5. The van der Waals surface area contributed by atoms with Crippen molar-refractivity contribution in [3.8, 4) is 0 Å². The third-order valence-electron chi connectivity index (χ3n) is 3.00. The van der Waals surface area contributed by atoms with Crippen LogP contribution < -0.4 is 4.80 Å². The van der Waals surface area contributed by atoms with Crippen molar-refractivity contribution < 1.29 is 9.90 Å². The Morgan fingerprint density at radius 3 is 2.68 bits per heavy atom. The highest BCUT2D eigenvalue weighted by atomic mass is 32.1. The highest BCUT2D eigenvalue weighted by molar-refractivity contribution is 7.07. The van der Waals surface area contributed by atoms with Crippen LogP contribution in [-0.4, -0.2) is 15.6 Å². The van der Waals surface area contributed by atoms with E-state index in [4.69, 9.17) is 0 Å². The molecule has 100 valence electrons. The van der Waals surface area contributed by atoms with Crippen LogP contribution in [0.2, 0.25) is 0 Å². The number of nitrogens with zero attached hydrogens (tertiary/aromatic N) is 2. The lowest BCUT2D eigenvalue weighted by Gasteiger charge is -2.10. The first-order chi connectivity index (χ1) is 9.13. The number of aromatic nitrogens is 1. The summed E-state index contributed by atoms with van der Waals surface area (Å²) in [5, 5.41) is 11.1. The molecule has 1 heterocycles. The maximum Gasteiger partial charge on any atom is 0.312 e. The largest absolute Gasteiger partial charge is 0.481 e. The Hall–Kier alpha value is -1.88. The summed E-state index contributed by atoms with van der Waals surface area (Å²) < 4.78 is 1.86. The van der Waals surface area contributed by atoms with Gasteiger partial charge in [0.25, 0.3) is 0 Å². The van der Waals surface area contributed by atoms with Crippen LogP contribution in [0, 0.1) is 0 Å². The molecular weight excluding hydrogens is 260 g/mol. The number of benzene rings is 1. The van der Waals surface area contributed by atoms with Crippen LogP contribution in [0.25, 0.3) is 0 Å². The molecule has 2 rings (SSSR count). The van der Waals surface area contributed by atoms with E-state index in [9.17, 15) is 9.90 Å². The molecule has 19 heavy (non-hydrogen) atoms. The smallest absolute Gasteiger partial charge is 0.312 e. The molecule has 1 atom stereocenters. The van der Waals surface area contributed by atoms with E-state index in [-0.39, 0.29) is 0 Å². The molecule has 0 amide bonds. The number of rotatable bonds is 4. The van der Waals surface area contributed by atoms with Crippen molar-refractivity contribution in [2.24, 2.45) is 12.0 Å². The minimum atomic E-state index is -0.790. The maximum atomic E-state index is 11.2. The van der Waals surface area contributed by atoms with Gasteiger partial charge in [-0.25, -0.2) is 4.99 Å². The molecule has 2 aromatic rings. The quantitative estimate of drug-likeness (QED) is 0.933. The number of hydrogen-bond donors (Lipinski definition) is 1. The number of para-hydroxylation sites is 1. The Bertz CT molecular complexity index is 628. The van der Waals surface area contributed by atoms with Gasteiger partial charge in [0.1, 0.15) is 0 Å². The zero-order valence-electron chi connectivity index (χ0n) is 10.9. The van der Waals surface area contributed by atoms with Crippen LogP contribution in [0.3, 0.4) is 0 Å². The number of aliphatic carboxylic acids is 1. The van der Waals surface area contributed by atoms with E-state index in [0.717, 1.165) is 16.2 Å². The molecule has 0 radical (unpaired) electrons. The Kier molecular flexibility index (Phi) is 4.16. The lowest BCUT2D eigenvalue weighted by Crippen LogP contribution is -2.19. The number of carbonyl (C=O) groups is 1. The van der Waals surface area contributed by atoms with Gasteiger partial charge in [-0.3, -0.25) is 4.79 Å². The topological polar surface area (TPSA) is 54.6 Å². The summed E-state index contributed by atoms with van der Waals surface area (Å²) >= 11 is 1.47. The molecule has 1 unspecified atom stereocenters. The second kappa shape index (κ2) is 5.84. The fraction of sp³-hybridized carbons (Fsp3) is 0.286. The van der Waals surface area contributed by atoms with Gasteiger partial charge in [-0.2, -0.15) is 0 Å². The fourth-order valence-corrected chi connectivity index (χ4v) is 2.89. The summed E-state index contributed by atoms with van der Waals surface area (Å²) in [5.41, 5.74) is 1.67. The minimum absolute atomic E-state index is 0.471. The molecule has 4 nitrogen and oxygen atoms in total. The average Bonchev–Trinajstić information content (AvgIpc) is 2.74. The molecule has 0 aliphatic rings. The van der Waals surface area contributed by atoms with Gasteiger partial charge in [0.05, 0.1) is 11.6 Å². The van der Waals surface area contributed by atoms with Gasteiger partial charge in [0.15, 0.2) is 4.80 Å². The number of carboxylic acids is 1. The third kappa shape index (κ3) is 2.93. The summed E-state index contributed by atoms with van der Waals surface area (Å²) in [6.07, 6.45) is 0.574. The van der Waals surface area contributed by atoms with E-state index in [0.29, 0.717) is 6.42 Å². The molecule has 1 aromatic heterocycles. The molecule has 0 saturated carbocycles. The van der Waals surface area contributed by atoms with Crippen molar-refractivity contribution in [3.05, 3.63) is 46.2 Å². The van der Waals surface area contributed by atoms with Crippen LogP contribution in [0.15, 0.2) is 40.7 Å². The molecular formula is C14H16N2O2S. The first-order valence-corrected chi connectivity index (χ1v) is 6.98. The van der Waals surface area contributed by atoms with Crippen molar-refractivity contribution in [2.75, 3.05) is 0 Å². The van der Waals surface area contributed by atoms with Gasteiger partial charge >= 0.3 is 5.97 Å². The maximum absolute atomic E-state index is 11.2. The number of hydrogen-bond acceptors (Lipinski definition) is 3. The normalized spacial score (nSPS) is 13.5. The zero-order valence-corrected chi connectivity index (χ0v) is 11.7. The summed E-state index contributed by atoms with van der Waals surface area (Å²) in [5.74, 6) is -1.26. The zero-order chi connectivity index (χ0) is 13.8. The molecule has 0 saturated heterocycles. The van der Waals surface area contributed by atoms with E-state index >= 15 is 0 Å². The SMILES string of the molecule is CCC(C(=O)O)c1csc(=Nc2ccccc2)n1C. The molecule has 0 fully saturated rings. The van der Waals surface area contributed by atoms with Crippen LogP contribution in [0.4, 0.5) is 5.69 Å². The number of thiazole rings is 1. The van der Waals surface area contributed by atoms with Gasteiger partial charge in [0.2, 0.25) is 0 Å². The highest BCUT2D eigenvalue weighted by Gasteiger charge is 2.20. The molecule has 0 bridgehead atoms. The van der Waals surface area contributed by atoms with Crippen molar-refractivity contribution in [3.63, 3.8) is 0 Å². The Morgan fingerprint density at radius 2 is 2.11 bits per heavy atom. The van der Waals surface area contributed by atoms with Gasteiger partial charge in [-0.1, -0.05) is 25.1 Å². The first-order valence-electron chi connectivity index (χ1n) is 6.10. The van der Waals surface area contributed by atoms with Crippen molar-refractivity contribution in [2.45, 2.75) is 19.3 Å². The van der Waals surface area contributed by atoms with Crippen LogP contribution in [-0.2, 0) is 11.8 Å². The lowest BCUT2D eigenvalue weighted by molar-refractivity contribution is -0.139. The summed E-state index contributed by atoms with van der Waals surface area (Å²) in [4.78, 5) is 16.5. The van der Waals surface area contributed by atoms with E-state index < -0.39 is 11.9 Å². The summed E-state index contributed by atoms with van der Waals surface area (Å²) in [6.45, 7) is 1.88. The molecule has 0 aliphatic heterocycles. The average molecular weight is 276 g/mol. The Morgan fingerprint density at radius 1 is 1.42 bits per heavy atom. The fourth-order valence-electron chi connectivity index (χ4n) is 1.92. The van der Waals surface area contributed by atoms with E-state index in [2.05, 4.69) is 4.99 Å². The second-order valence-corrected chi connectivity index (χ2v) is 5.09. The van der Waals surface area contributed by atoms with E-state index in [1.807, 2.05) is 54.3 Å². The van der Waals surface area contributed by atoms with Crippen LogP contribution in [0.1, 0.15) is 25.0 Å². The molecule has 1 aromatic carbocycles. The molecule has 5 heteroatoms. The molecule has 0 spiro atoms. The summed E-state index contributed by atoms with van der Waals surface area (Å²) in [7, 11) is 1.86. The van der Waals surface area contributed by atoms with Gasteiger partial charge in [-0.15, -0.1) is 11.3 Å². The second-order valence-electron chi connectivity index (χ2n) is 4.25. The monoisotopic (exact) mass is 276 g/mol. The summed E-state index contributed by atoms with van der Waals surface area (Å²) in [6, 6.07) is 9.65. The standard InChI is InChI=1S/C14H16N2O2S/c1-3-11(13(17)18)12-9-19-14(16(12)2)15-10-7-5-4-6-8-10/h4-9,11H,3H2,1-2H3,(H,17,18). The Labute approximate surface area is 115 Å². The van der Waals surface area contributed by atoms with E-state index in [1.165, 1.54) is 11.3 Å². The predicted molar refractivity (Wildman–Crippen MR) is 75.6 cm³/mol. The van der Waals surface area contributed by atoms with Crippen LogP contribution in [0.5, 0.6) is 0 Å². The van der Waals surface area contributed by atoms with E-state index in [1.54, 1.807) is 0 Å². The van der Waals surface area contributed by atoms with Crippen molar-refractivity contribution in [1.29, 1.82) is 0 Å². The van der Waals surface area contributed by atoms with Crippen molar-refractivity contribution in [1.82, 2.24) is 4.57 Å². The number of carboxylic acid groups (broad SMARTS) is 1. The lowest BCUT2D eigenvalue weighted by atomic mass is 10.0.